The second kappa shape index (κ2) is 9.04. The maximum absolute atomic E-state index is 6.34. The third-order valence-electron chi connectivity index (χ3n) is 5.21. The van der Waals surface area contributed by atoms with Gasteiger partial charge in [-0.25, -0.2) is 0 Å². The molecule has 2 nitrogen and oxygen atoms in total. The zero-order valence-corrected chi connectivity index (χ0v) is 18.4. The third kappa shape index (κ3) is 4.22. The zero-order valence-electron chi connectivity index (χ0n) is 16.8. The van der Waals surface area contributed by atoms with Crippen molar-refractivity contribution in [3.8, 4) is 0 Å². The lowest BCUT2D eigenvalue weighted by Crippen LogP contribution is -2.30. The van der Waals surface area contributed by atoms with E-state index >= 15 is 0 Å². The van der Waals surface area contributed by atoms with Gasteiger partial charge in [0.1, 0.15) is 0 Å². The summed E-state index contributed by atoms with van der Waals surface area (Å²) in [5.41, 5.74) is 8.00. The molecule has 28 heavy (non-hydrogen) atoms. The summed E-state index contributed by atoms with van der Waals surface area (Å²) in [6, 6.07) is 11.0. The fourth-order valence-electron chi connectivity index (χ4n) is 3.97. The highest BCUT2D eigenvalue weighted by atomic mass is 35.5. The quantitative estimate of drug-likeness (QED) is 0.521. The minimum Gasteiger partial charge on any atom is -0.300 e. The van der Waals surface area contributed by atoms with Crippen LogP contribution in [-0.4, -0.2) is 30.7 Å². The van der Waals surface area contributed by atoms with E-state index in [0.717, 1.165) is 29.7 Å². The number of fused-ring (bicyclic) bond motifs is 1. The molecule has 0 fully saturated rings. The summed E-state index contributed by atoms with van der Waals surface area (Å²) in [5.74, 6) is 0.368. The van der Waals surface area contributed by atoms with Crippen LogP contribution in [0.5, 0.6) is 0 Å². The van der Waals surface area contributed by atoms with Crippen molar-refractivity contribution in [3.63, 3.8) is 0 Å². The first kappa shape index (κ1) is 20.8. The molecule has 0 saturated heterocycles. The molecule has 4 rings (SSSR count). The molecule has 0 radical (unpaired) electrons. The van der Waals surface area contributed by atoms with E-state index in [1.165, 1.54) is 32.7 Å². The molecule has 1 atom stereocenters. The van der Waals surface area contributed by atoms with Gasteiger partial charge in [-0.3, -0.25) is 4.99 Å². The molecule has 2 aliphatic rings. The second-order valence-corrected chi connectivity index (χ2v) is 9.06. The first-order chi connectivity index (χ1) is 13.5. The molecule has 0 saturated carbocycles. The molecule has 1 aromatic carbocycles. The molecule has 1 aromatic heterocycles. The second-order valence-electron chi connectivity index (χ2n) is 7.29. The summed E-state index contributed by atoms with van der Waals surface area (Å²) in [4.78, 5) is 8.43. The first-order valence-corrected chi connectivity index (χ1v) is 10.7. The van der Waals surface area contributed by atoms with E-state index < -0.39 is 0 Å². The fourth-order valence-corrected chi connectivity index (χ4v) is 5.39. The molecule has 0 aliphatic carbocycles. The Morgan fingerprint density at radius 2 is 1.89 bits per heavy atom. The Hall–Kier alpha value is -1.94. The molecule has 0 amide bonds. The SMILES string of the molecule is C=CC=C.CC1=NCC(C)=C1c1ccccc1C1CN(C)Cc2sc(Cl)cc21. The number of benzene rings is 1. The lowest BCUT2D eigenvalue weighted by atomic mass is 9.82. The van der Waals surface area contributed by atoms with E-state index in [2.05, 4.69) is 74.3 Å². The van der Waals surface area contributed by atoms with Crippen molar-refractivity contribution >= 4 is 34.2 Å². The van der Waals surface area contributed by atoms with Gasteiger partial charge >= 0.3 is 0 Å². The van der Waals surface area contributed by atoms with Crippen molar-refractivity contribution in [3.05, 3.63) is 87.1 Å². The Kier molecular flexibility index (Phi) is 6.71. The molecule has 3 heterocycles. The monoisotopic (exact) mass is 410 g/mol. The largest absolute Gasteiger partial charge is 0.300 e. The van der Waals surface area contributed by atoms with Gasteiger partial charge in [-0.1, -0.05) is 61.2 Å². The lowest BCUT2D eigenvalue weighted by Gasteiger charge is -2.31. The van der Waals surface area contributed by atoms with Crippen LogP contribution in [0.1, 0.15) is 41.3 Å². The summed E-state index contributed by atoms with van der Waals surface area (Å²) in [7, 11) is 2.19. The van der Waals surface area contributed by atoms with Crippen LogP contribution >= 0.6 is 22.9 Å². The number of thiophene rings is 1. The van der Waals surface area contributed by atoms with E-state index in [1.807, 2.05) is 0 Å². The Labute approximate surface area is 177 Å². The highest BCUT2D eigenvalue weighted by Crippen LogP contribution is 2.42. The van der Waals surface area contributed by atoms with Crippen molar-refractivity contribution in [2.45, 2.75) is 26.3 Å². The van der Waals surface area contributed by atoms with Crippen LogP contribution in [0.25, 0.3) is 5.57 Å². The molecule has 0 N–H and O–H groups in total. The summed E-state index contributed by atoms with van der Waals surface area (Å²) < 4.78 is 0.895. The molecule has 2 aliphatic heterocycles. The van der Waals surface area contributed by atoms with Gasteiger partial charge < -0.3 is 4.90 Å². The van der Waals surface area contributed by atoms with Gasteiger partial charge in [0.25, 0.3) is 0 Å². The normalized spacial score (nSPS) is 18.9. The molecule has 0 bridgehead atoms. The lowest BCUT2D eigenvalue weighted by molar-refractivity contribution is 0.299. The average molecular weight is 411 g/mol. The molecule has 146 valence electrons. The van der Waals surface area contributed by atoms with Crippen LogP contribution in [0.2, 0.25) is 4.34 Å². The maximum Gasteiger partial charge on any atom is 0.0934 e. The standard InChI is InChI=1S/C20H21ClN2S.C4H6/c1-12-9-22-13(2)20(12)15-7-5-4-6-14(15)17-10-23(3)11-18-16(17)8-19(21)24-18;1-3-4-2/h4-8,17H,9-11H2,1-3H3;3-4H,1-2H2. The van der Waals surface area contributed by atoms with E-state index in [1.54, 1.807) is 23.5 Å². The molecular formula is C24H27ClN2S. The summed E-state index contributed by atoms with van der Waals surface area (Å²) in [6.45, 7) is 13.9. The smallest absolute Gasteiger partial charge is 0.0934 e. The Bertz CT molecular complexity index is 945. The molecule has 2 aromatic rings. The average Bonchev–Trinajstić information content (AvgIpc) is 3.22. The Morgan fingerprint density at radius 1 is 1.18 bits per heavy atom. The van der Waals surface area contributed by atoms with Crippen LogP contribution in [0, 0.1) is 0 Å². The van der Waals surface area contributed by atoms with Crippen LogP contribution in [0.3, 0.4) is 0 Å². The topological polar surface area (TPSA) is 15.6 Å². The van der Waals surface area contributed by atoms with E-state index in [0.29, 0.717) is 5.92 Å². The van der Waals surface area contributed by atoms with Crippen LogP contribution < -0.4 is 0 Å². The predicted octanol–water partition coefficient (Wildman–Crippen LogP) is 6.59. The fraction of sp³-hybridized carbons (Fsp3) is 0.292. The maximum atomic E-state index is 6.34. The van der Waals surface area contributed by atoms with E-state index in [9.17, 15) is 0 Å². The Morgan fingerprint density at radius 3 is 2.54 bits per heavy atom. The molecule has 4 heteroatoms. The van der Waals surface area contributed by atoms with Crippen molar-refractivity contribution in [2.75, 3.05) is 20.1 Å². The Balaban J connectivity index is 0.000000516. The van der Waals surface area contributed by atoms with Crippen molar-refractivity contribution in [1.29, 1.82) is 0 Å². The molecular weight excluding hydrogens is 384 g/mol. The van der Waals surface area contributed by atoms with Gasteiger partial charge in [-0.15, -0.1) is 11.3 Å². The van der Waals surface area contributed by atoms with Crippen LogP contribution in [-0.2, 0) is 6.54 Å². The van der Waals surface area contributed by atoms with Crippen molar-refractivity contribution < 1.29 is 0 Å². The van der Waals surface area contributed by atoms with Crippen LogP contribution in [0.15, 0.2) is 66.2 Å². The highest BCUT2D eigenvalue weighted by Gasteiger charge is 2.30. The van der Waals surface area contributed by atoms with Crippen molar-refractivity contribution in [1.82, 2.24) is 4.90 Å². The molecule has 1 unspecified atom stereocenters. The van der Waals surface area contributed by atoms with E-state index in [-0.39, 0.29) is 0 Å². The molecule has 0 spiro atoms. The summed E-state index contributed by atoms with van der Waals surface area (Å²) >= 11 is 8.06. The minimum atomic E-state index is 0.368. The predicted molar refractivity (Wildman–Crippen MR) is 125 cm³/mol. The number of hydrogen-bond donors (Lipinski definition) is 0. The van der Waals surface area contributed by atoms with Gasteiger partial charge in [0, 0.05) is 35.2 Å². The zero-order chi connectivity index (χ0) is 20.3. The van der Waals surface area contributed by atoms with E-state index in [4.69, 9.17) is 11.6 Å². The van der Waals surface area contributed by atoms with Crippen molar-refractivity contribution in [2.24, 2.45) is 4.99 Å². The van der Waals surface area contributed by atoms with Gasteiger partial charge in [-0.05, 0) is 49.2 Å². The number of hydrogen-bond acceptors (Lipinski definition) is 3. The number of aliphatic imine (C=N–C) groups is 1. The van der Waals surface area contributed by atoms with Crippen LogP contribution in [0.4, 0.5) is 0 Å². The summed E-state index contributed by atoms with van der Waals surface area (Å²) in [6.07, 6.45) is 3.28. The number of rotatable bonds is 3. The number of nitrogens with zero attached hydrogens (tertiary/aromatic N) is 2. The number of allylic oxidation sites excluding steroid dienone is 3. The number of likely N-dealkylation sites (N-methyl/N-ethyl adjacent to an activating group) is 1. The van der Waals surface area contributed by atoms with Gasteiger partial charge in [0.05, 0.1) is 10.9 Å². The third-order valence-corrected chi connectivity index (χ3v) is 6.47. The highest BCUT2D eigenvalue weighted by molar-refractivity contribution is 7.16. The minimum absolute atomic E-state index is 0.368. The number of halogens is 1. The van der Waals surface area contributed by atoms with Gasteiger partial charge in [0.15, 0.2) is 0 Å². The van der Waals surface area contributed by atoms with Gasteiger partial charge in [0.2, 0.25) is 0 Å². The van der Waals surface area contributed by atoms with Gasteiger partial charge in [-0.2, -0.15) is 0 Å². The first-order valence-electron chi connectivity index (χ1n) is 9.46. The summed E-state index contributed by atoms with van der Waals surface area (Å²) in [5, 5.41) is 0.